The number of aryl methyl sites for hydroxylation is 1. The first-order valence-electron chi connectivity index (χ1n) is 6.40. The first kappa shape index (κ1) is 10.6. The second-order valence-electron chi connectivity index (χ2n) is 5.07. The van der Waals surface area contributed by atoms with Crippen molar-refractivity contribution in [3.05, 3.63) is 23.6 Å². The second kappa shape index (κ2) is 4.06. The Balaban J connectivity index is 2.03. The molecule has 0 atom stereocenters. The largest absolute Gasteiger partial charge is 0.440 e. The standard InChI is InChI=1S/C14H18N2O/c1-9-7-11(15)8-12-13(9)17-14(16-12)10-5-3-2-4-6-10/h7-8,10H,2-6,15H2,1H3. The van der Waals surface area contributed by atoms with Crippen molar-refractivity contribution in [2.24, 2.45) is 0 Å². The number of anilines is 1. The van der Waals surface area contributed by atoms with Crippen LogP contribution in [-0.2, 0) is 0 Å². The molecule has 0 unspecified atom stereocenters. The zero-order chi connectivity index (χ0) is 11.8. The van der Waals surface area contributed by atoms with Crippen LogP contribution in [0.15, 0.2) is 16.5 Å². The quantitative estimate of drug-likeness (QED) is 0.759. The summed E-state index contributed by atoms with van der Waals surface area (Å²) >= 11 is 0. The van der Waals surface area contributed by atoms with E-state index in [0.29, 0.717) is 5.92 Å². The van der Waals surface area contributed by atoms with E-state index in [-0.39, 0.29) is 0 Å². The number of nitrogens with zero attached hydrogens (tertiary/aromatic N) is 1. The van der Waals surface area contributed by atoms with Crippen molar-refractivity contribution >= 4 is 16.8 Å². The molecule has 17 heavy (non-hydrogen) atoms. The first-order chi connectivity index (χ1) is 8.24. The lowest BCUT2D eigenvalue weighted by Gasteiger charge is -2.17. The SMILES string of the molecule is Cc1cc(N)cc2nc(C3CCCCC3)oc12. The van der Waals surface area contributed by atoms with E-state index in [1.54, 1.807) is 0 Å². The van der Waals surface area contributed by atoms with E-state index in [0.717, 1.165) is 28.2 Å². The first-order valence-corrected chi connectivity index (χ1v) is 6.40. The Labute approximate surface area is 101 Å². The summed E-state index contributed by atoms with van der Waals surface area (Å²) in [6.07, 6.45) is 6.36. The molecule has 2 N–H and O–H groups in total. The van der Waals surface area contributed by atoms with E-state index in [4.69, 9.17) is 10.2 Å². The van der Waals surface area contributed by atoms with Crippen LogP contribution in [0.1, 0.15) is 49.5 Å². The number of benzene rings is 1. The Morgan fingerprint density at radius 2 is 2.00 bits per heavy atom. The van der Waals surface area contributed by atoms with Gasteiger partial charge < -0.3 is 10.2 Å². The zero-order valence-corrected chi connectivity index (χ0v) is 10.2. The summed E-state index contributed by atoms with van der Waals surface area (Å²) < 4.78 is 5.93. The number of nitrogens with two attached hydrogens (primary N) is 1. The number of fused-ring (bicyclic) bond motifs is 1. The van der Waals surface area contributed by atoms with Crippen molar-refractivity contribution in [3.63, 3.8) is 0 Å². The van der Waals surface area contributed by atoms with Gasteiger partial charge in [-0.25, -0.2) is 4.98 Å². The molecule has 0 aliphatic heterocycles. The van der Waals surface area contributed by atoms with Crippen LogP contribution < -0.4 is 5.73 Å². The molecule has 1 aromatic carbocycles. The van der Waals surface area contributed by atoms with Crippen LogP contribution >= 0.6 is 0 Å². The molecule has 3 nitrogen and oxygen atoms in total. The molecule has 0 spiro atoms. The summed E-state index contributed by atoms with van der Waals surface area (Å²) in [6, 6.07) is 3.84. The van der Waals surface area contributed by atoms with Crippen molar-refractivity contribution in [3.8, 4) is 0 Å². The summed E-state index contributed by atoms with van der Waals surface area (Å²) in [5.74, 6) is 1.42. The monoisotopic (exact) mass is 230 g/mol. The average Bonchev–Trinajstić information content (AvgIpc) is 2.74. The molecule has 0 amide bonds. The zero-order valence-electron chi connectivity index (χ0n) is 10.2. The van der Waals surface area contributed by atoms with E-state index in [9.17, 15) is 0 Å². The summed E-state index contributed by atoms with van der Waals surface area (Å²) in [5.41, 5.74) is 9.48. The van der Waals surface area contributed by atoms with Crippen LogP contribution in [0.4, 0.5) is 5.69 Å². The summed E-state index contributed by atoms with van der Waals surface area (Å²) in [7, 11) is 0. The van der Waals surface area contributed by atoms with Gasteiger partial charge in [-0.15, -0.1) is 0 Å². The number of nitrogen functional groups attached to an aromatic ring is 1. The molecular weight excluding hydrogens is 212 g/mol. The average molecular weight is 230 g/mol. The van der Waals surface area contributed by atoms with Gasteiger partial charge in [-0.05, 0) is 37.5 Å². The van der Waals surface area contributed by atoms with E-state index >= 15 is 0 Å². The predicted molar refractivity (Wildman–Crippen MR) is 69.0 cm³/mol. The van der Waals surface area contributed by atoms with E-state index in [2.05, 4.69) is 4.98 Å². The Bertz CT molecular complexity index is 538. The number of rotatable bonds is 1. The smallest absolute Gasteiger partial charge is 0.198 e. The third kappa shape index (κ3) is 1.90. The highest BCUT2D eigenvalue weighted by atomic mass is 16.3. The Morgan fingerprint density at radius 3 is 2.76 bits per heavy atom. The molecule has 1 aliphatic rings. The maximum atomic E-state index is 5.93. The highest BCUT2D eigenvalue weighted by Gasteiger charge is 2.21. The number of oxazole rings is 1. The van der Waals surface area contributed by atoms with Gasteiger partial charge in [0.25, 0.3) is 0 Å². The molecule has 1 aliphatic carbocycles. The second-order valence-corrected chi connectivity index (χ2v) is 5.07. The van der Waals surface area contributed by atoms with Crippen molar-refractivity contribution in [2.45, 2.75) is 44.9 Å². The maximum absolute atomic E-state index is 5.93. The van der Waals surface area contributed by atoms with Crippen LogP contribution in [-0.4, -0.2) is 4.98 Å². The molecule has 0 saturated heterocycles. The molecule has 2 aromatic rings. The normalized spacial score (nSPS) is 17.7. The van der Waals surface area contributed by atoms with Crippen LogP contribution in [0.5, 0.6) is 0 Å². The third-order valence-corrected chi connectivity index (χ3v) is 3.67. The fourth-order valence-electron chi connectivity index (χ4n) is 2.77. The van der Waals surface area contributed by atoms with Gasteiger partial charge in [0.2, 0.25) is 0 Å². The van der Waals surface area contributed by atoms with Gasteiger partial charge in [0.05, 0.1) is 0 Å². The molecule has 1 aromatic heterocycles. The molecule has 1 fully saturated rings. The molecular formula is C14H18N2O. The Hall–Kier alpha value is -1.51. The van der Waals surface area contributed by atoms with Crippen molar-refractivity contribution in [2.75, 3.05) is 5.73 Å². The van der Waals surface area contributed by atoms with Crippen LogP contribution in [0, 0.1) is 6.92 Å². The Morgan fingerprint density at radius 1 is 1.24 bits per heavy atom. The lowest BCUT2D eigenvalue weighted by atomic mass is 9.89. The van der Waals surface area contributed by atoms with E-state index in [1.807, 2.05) is 19.1 Å². The summed E-state index contributed by atoms with van der Waals surface area (Å²) in [6.45, 7) is 2.02. The number of hydrogen-bond donors (Lipinski definition) is 1. The number of hydrogen-bond acceptors (Lipinski definition) is 3. The van der Waals surface area contributed by atoms with Crippen LogP contribution in [0.3, 0.4) is 0 Å². The summed E-state index contributed by atoms with van der Waals surface area (Å²) in [5, 5.41) is 0. The lowest BCUT2D eigenvalue weighted by molar-refractivity contribution is 0.373. The predicted octanol–water partition coefficient (Wildman–Crippen LogP) is 3.77. The molecule has 90 valence electrons. The topological polar surface area (TPSA) is 52.0 Å². The van der Waals surface area contributed by atoms with Gasteiger partial charge in [0.1, 0.15) is 5.52 Å². The lowest BCUT2D eigenvalue weighted by Crippen LogP contribution is -2.04. The van der Waals surface area contributed by atoms with Crippen LogP contribution in [0.25, 0.3) is 11.1 Å². The van der Waals surface area contributed by atoms with Gasteiger partial charge in [-0.1, -0.05) is 19.3 Å². The maximum Gasteiger partial charge on any atom is 0.198 e. The third-order valence-electron chi connectivity index (χ3n) is 3.67. The van der Waals surface area contributed by atoms with Crippen LogP contribution in [0.2, 0.25) is 0 Å². The minimum atomic E-state index is 0.511. The van der Waals surface area contributed by atoms with E-state index < -0.39 is 0 Å². The fourth-order valence-corrected chi connectivity index (χ4v) is 2.77. The summed E-state index contributed by atoms with van der Waals surface area (Å²) in [4.78, 5) is 4.61. The highest BCUT2D eigenvalue weighted by molar-refractivity contribution is 5.80. The minimum Gasteiger partial charge on any atom is -0.440 e. The molecule has 1 saturated carbocycles. The van der Waals surface area contributed by atoms with E-state index in [1.165, 1.54) is 32.1 Å². The molecule has 3 rings (SSSR count). The highest BCUT2D eigenvalue weighted by Crippen LogP contribution is 2.34. The van der Waals surface area contributed by atoms with Gasteiger partial charge in [0.15, 0.2) is 11.5 Å². The Kier molecular flexibility index (Phi) is 2.54. The molecule has 3 heteroatoms. The van der Waals surface area contributed by atoms with Gasteiger partial charge in [-0.2, -0.15) is 0 Å². The van der Waals surface area contributed by atoms with Crippen molar-refractivity contribution in [1.29, 1.82) is 0 Å². The van der Waals surface area contributed by atoms with Gasteiger partial charge in [0, 0.05) is 11.6 Å². The van der Waals surface area contributed by atoms with Crippen molar-refractivity contribution < 1.29 is 4.42 Å². The minimum absolute atomic E-state index is 0.511. The fraction of sp³-hybridized carbons (Fsp3) is 0.500. The molecule has 0 radical (unpaired) electrons. The molecule has 0 bridgehead atoms. The van der Waals surface area contributed by atoms with Gasteiger partial charge >= 0.3 is 0 Å². The van der Waals surface area contributed by atoms with Gasteiger partial charge in [-0.3, -0.25) is 0 Å². The van der Waals surface area contributed by atoms with Crippen molar-refractivity contribution in [1.82, 2.24) is 4.98 Å². The number of aromatic nitrogens is 1. The molecule has 1 heterocycles.